The van der Waals surface area contributed by atoms with Gasteiger partial charge in [-0.05, 0) is 36.6 Å². The van der Waals surface area contributed by atoms with Gasteiger partial charge in [0.2, 0.25) is 0 Å². The van der Waals surface area contributed by atoms with Crippen LogP contribution in [0.3, 0.4) is 0 Å². The molecule has 120 valence electrons. The molecule has 1 rings (SSSR count). The zero-order chi connectivity index (χ0) is 15.7. The number of rotatable bonds is 10. The van der Waals surface area contributed by atoms with E-state index in [-0.39, 0.29) is 6.61 Å². The van der Waals surface area contributed by atoms with E-state index in [2.05, 4.69) is 43.1 Å². The first kappa shape index (κ1) is 18.3. The molecule has 1 aromatic carbocycles. The van der Waals surface area contributed by atoms with E-state index >= 15 is 0 Å². The zero-order valence-electron chi connectivity index (χ0n) is 13.5. The van der Waals surface area contributed by atoms with Crippen molar-refractivity contribution in [3.05, 3.63) is 28.8 Å². The van der Waals surface area contributed by atoms with Gasteiger partial charge in [-0.1, -0.05) is 44.9 Å². The summed E-state index contributed by atoms with van der Waals surface area (Å²) in [5.74, 6) is 0.647. The van der Waals surface area contributed by atoms with Crippen molar-refractivity contribution in [3.63, 3.8) is 0 Å². The summed E-state index contributed by atoms with van der Waals surface area (Å²) < 4.78 is 0. The lowest BCUT2D eigenvalue weighted by atomic mass is 10.1. The summed E-state index contributed by atoms with van der Waals surface area (Å²) in [4.78, 5) is 2.16. The average molecular weight is 313 g/mol. The summed E-state index contributed by atoms with van der Waals surface area (Å²) in [6.07, 6.45) is 2.24. The van der Waals surface area contributed by atoms with E-state index in [0.717, 1.165) is 43.2 Å². The maximum atomic E-state index is 9.22. The number of aliphatic hydroxyl groups is 1. The number of anilines is 1. The van der Waals surface area contributed by atoms with E-state index < -0.39 is 0 Å². The molecular formula is C17H29ClN2O. The second kappa shape index (κ2) is 10.0. The molecule has 0 saturated heterocycles. The standard InChI is InChI=1S/C17H29ClN2O/c1-4-5-8-20(9-10-21)17-7-6-15(11-16(17)18)13-19-12-14(2)3/h6-7,11,14,19,21H,4-5,8-10,12-13H2,1-3H3. The highest BCUT2D eigenvalue weighted by molar-refractivity contribution is 6.33. The first-order valence-corrected chi connectivity index (χ1v) is 8.31. The van der Waals surface area contributed by atoms with E-state index in [4.69, 9.17) is 11.6 Å². The number of unbranched alkanes of at least 4 members (excludes halogenated alkanes) is 1. The highest BCUT2D eigenvalue weighted by atomic mass is 35.5. The van der Waals surface area contributed by atoms with Gasteiger partial charge in [0.15, 0.2) is 0 Å². The average Bonchev–Trinajstić information content (AvgIpc) is 2.43. The summed E-state index contributed by atoms with van der Waals surface area (Å²) in [6, 6.07) is 6.21. The van der Waals surface area contributed by atoms with Crippen molar-refractivity contribution < 1.29 is 5.11 Å². The first-order chi connectivity index (χ1) is 10.1. The fourth-order valence-electron chi connectivity index (χ4n) is 2.24. The topological polar surface area (TPSA) is 35.5 Å². The Morgan fingerprint density at radius 2 is 2.05 bits per heavy atom. The van der Waals surface area contributed by atoms with Crippen LogP contribution >= 0.6 is 11.6 Å². The molecule has 0 fully saturated rings. The molecule has 0 heterocycles. The van der Waals surface area contributed by atoms with Gasteiger partial charge in [-0.2, -0.15) is 0 Å². The largest absolute Gasteiger partial charge is 0.395 e. The summed E-state index contributed by atoms with van der Waals surface area (Å²) in [6.45, 7) is 10.1. The highest BCUT2D eigenvalue weighted by Gasteiger charge is 2.10. The lowest BCUT2D eigenvalue weighted by molar-refractivity contribution is 0.301. The molecule has 21 heavy (non-hydrogen) atoms. The van der Waals surface area contributed by atoms with Crippen molar-refractivity contribution >= 4 is 17.3 Å². The number of hydrogen-bond donors (Lipinski definition) is 2. The number of hydrogen-bond acceptors (Lipinski definition) is 3. The number of halogens is 1. The van der Waals surface area contributed by atoms with Gasteiger partial charge in [0.05, 0.1) is 17.3 Å². The Balaban J connectivity index is 2.70. The van der Waals surface area contributed by atoms with E-state index in [9.17, 15) is 5.11 Å². The number of nitrogens with one attached hydrogen (secondary N) is 1. The molecule has 0 radical (unpaired) electrons. The molecule has 0 aliphatic carbocycles. The Hall–Kier alpha value is -0.770. The van der Waals surface area contributed by atoms with E-state index in [1.54, 1.807) is 0 Å². The van der Waals surface area contributed by atoms with E-state index in [1.165, 1.54) is 5.56 Å². The van der Waals surface area contributed by atoms with Crippen molar-refractivity contribution in [2.24, 2.45) is 5.92 Å². The van der Waals surface area contributed by atoms with Crippen LogP contribution in [-0.4, -0.2) is 31.3 Å². The van der Waals surface area contributed by atoms with Crippen LogP contribution in [0.2, 0.25) is 5.02 Å². The zero-order valence-corrected chi connectivity index (χ0v) is 14.3. The van der Waals surface area contributed by atoms with Crippen LogP contribution < -0.4 is 10.2 Å². The van der Waals surface area contributed by atoms with Crippen molar-refractivity contribution in [3.8, 4) is 0 Å². The molecule has 0 bridgehead atoms. The second-order valence-electron chi connectivity index (χ2n) is 5.87. The highest BCUT2D eigenvalue weighted by Crippen LogP contribution is 2.27. The third-order valence-corrected chi connectivity index (χ3v) is 3.69. The van der Waals surface area contributed by atoms with Crippen LogP contribution in [0.25, 0.3) is 0 Å². The lowest BCUT2D eigenvalue weighted by Gasteiger charge is -2.25. The summed E-state index contributed by atoms with van der Waals surface area (Å²) in [7, 11) is 0. The van der Waals surface area contributed by atoms with Crippen LogP contribution in [0, 0.1) is 5.92 Å². The molecule has 3 nitrogen and oxygen atoms in total. The minimum atomic E-state index is 0.151. The Kier molecular flexibility index (Phi) is 8.74. The maximum absolute atomic E-state index is 9.22. The molecule has 0 unspecified atom stereocenters. The first-order valence-electron chi connectivity index (χ1n) is 7.93. The molecule has 1 aromatic rings. The predicted molar refractivity (Wildman–Crippen MR) is 92.2 cm³/mol. The molecular weight excluding hydrogens is 284 g/mol. The Bertz CT molecular complexity index is 410. The maximum Gasteiger partial charge on any atom is 0.0642 e. The van der Waals surface area contributed by atoms with Gasteiger partial charge in [-0.15, -0.1) is 0 Å². The van der Waals surface area contributed by atoms with Gasteiger partial charge in [-0.25, -0.2) is 0 Å². The number of benzene rings is 1. The molecule has 4 heteroatoms. The van der Waals surface area contributed by atoms with Gasteiger partial charge < -0.3 is 15.3 Å². The normalized spacial score (nSPS) is 11.1. The van der Waals surface area contributed by atoms with E-state index in [0.29, 0.717) is 12.5 Å². The van der Waals surface area contributed by atoms with Crippen molar-refractivity contribution in [2.45, 2.75) is 40.2 Å². The molecule has 0 aliphatic heterocycles. The molecule has 0 atom stereocenters. The summed E-state index contributed by atoms with van der Waals surface area (Å²) >= 11 is 6.43. The fourth-order valence-corrected chi connectivity index (χ4v) is 2.57. The number of nitrogens with zero attached hydrogens (tertiary/aromatic N) is 1. The molecule has 0 aromatic heterocycles. The van der Waals surface area contributed by atoms with E-state index in [1.807, 2.05) is 6.07 Å². The Morgan fingerprint density at radius 1 is 1.29 bits per heavy atom. The third-order valence-electron chi connectivity index (χ3n) is 3.39. The minimum absolute atomic E-state index is 0.151. The molecule has 2 N–H and O–H groups in total. The van der Waals surface area contributed by atoms with Gasteiger partial charge >= 0.3 is 0 Å². The molecule has 0 amide bonds. The third kappa shape index (κ3) is 6.68. The van der Waals surface area contributed by atoms with Crippen LogP contribution in [0.15, 0.2) is 18.2 Å². The van der Waals surface area contributed by atoms with Gasteiger partial charge in [0.25, 0.3) is 0 Å². The number of aliphatic hydroxyl groups excluding tert-OH is 1. The fraction of sp³-hybridized carbons (Fsp3) is 0.647. The lowest BCUT2D eigenvalue weighted by Crippen LogP contribution is -2.28. The van der Waals surface area contributed by atoms with Crippen molar-refractivity contribution in [1.82, 2.24) is 5.32 Å². The molecule has 0 aliphatic rings. The van der Waals surface area contributed by atoms with Gasteiger partial charge in [0.1, 0.15) is 0 Å². The minimum Gasteiger partial charge on any atom is -0.395 e. The molecule has 0 saturated carbocycles. The smallest absolute Gasteiger partial charge is 0.0642 e. The SMILES string of the molecule is CCCCN(CCO)c1ccc(CNCC(C)C)cc1Cl. The Labute approximate surface area is 134 Å². The van der Waals surface area contributed by atoms with Gasteiger partial charge in [0, 0.05) is 19.6 Å². The van der Waals surface area contributed by atoms with Crippen LogP contribution in [0.5, 0.6) is 0 Å². The molecule has 0 spiro atoms. The quantitative estimate of drug-likeness (QED) is 0.692. The van der Waals surface area contributed by atoms with Crippen molar-refractivity contribution in [1.29, 1.82) is 0 Å². The Morgan fingerprint density at radius 3 is 2.62 bits per heavy atom. The van der Waals surface area contributed by atoms with Gasteiger partial charge in [-0.3, -0.25) is 0 Å². The van der Waals surface area contributed by atoms with Crippen LogP contribution in [0.1, 0.15) is 39.2 Å². The van der Waals surface area contributed by atoms with Crippen LogP contribution in [-0.2, 0) is 6.54 Å². The monoisotopic (exact) mass is 312 g/mol. The summed E-state index contributed by atoms with van der Waals surface area (Å²) in [5, 5.41) is 13.4. The summed E-state index contributed by atoms with van der Waals surface area (Å²) in [5.41, 5.74) is 2.22. The van der Waals surface area contributed by atoms with Crippen molar-refractivity contribution in [2.75, 3.05) is 31.1 Å². The van der Waals surface area contributed by atoms with Crippen LogP contribution in [0.4, 0.5) is 5.69 Å². The second-order valence-corrected chi connectivity index (χ2v) is 6.28. The predicted octanol–water partition coefficient (Wildman–Crippen LogP) is 3.68.